The van der Waals surface area contributed by atoms with Gasteiger partial charge in [-0.3, -0.25) is 0 Å². The van der Waals surface area contributed by atoms with E-state index in [0.717, 1.165) is 6.07 Å². The SMILES string of the molecule is Nc1cc(C(F)(F)F)cnc1Oc1ccc(O)cc1. The van der Waals surface area contributed by atoms with Crippen molar-refractivity contribution in [2.45, 2.75) is 6.18 Å². The van der Waals surface area contributed by atoms with Gasteiger partial charge in [0.05, 0.1) is 11.3 Å². The van der Waals surface area contributed by atoms with E-state index in [4.69, 9.17) is 15.6 Å². The number of phenols is 1. The molecule has 0 aliphatic rings. The Morgan fingerprint density at radius 2 is 1.79 bits per heavy atom. The molecule has 19 heavy (non-hydrogen) atoms. The van der Waals surface area contributed by atoms with Gasteiger partial charge >= 0.3 is 6.18 Å². The van der Waals surface area contributed by atoms with Crippen molar-refractivity contribution in [1.29, 1.82) is 0 Å². The maximum Gasteiger partial charge on any atom is 0.417 e. The first-order valence-corrected chi connectivity index (χ1v) is 5.16. The molecule has 3 N–H and O–H groups in total. The van der Waals surface area contributed by atoms with Crippen LogP contribution in [-0.4, -0.2) is 10.1 Å². The molecule has 100 valence electrons. The predicted octanol–water partition coefficient (Wildman–Crippen LogP) is 3.18. The molecular weight excluding hydrogens is 261 g/mol. The van der Waals surface area contributed by atoms with Crippen LogP contribution in [0.1, 0.15) is 5.56 Å². The number of nitrogen functional groups attached to an aromatic ring is 1. The van der Waals surface area contributed by atoms with Crippen LogP contribution in [0, 0.1) is 0 Å². The molecule has 1 aromatic heterocycles. The summed E-state index contributed by atoms with van der Waals surface area (Å²) in [4.78, 5) is 3.53. The van der Waals surface area contributed by atoms with E-state index in [1.807, 2.05) is 0 Å². The summed E-state index contributed by atoms with van der Waals surface area (Å²) in [6.45, 7) is 0. The number of anilines is 1. The van der Waals surface area contributed by atoms with Crippen molar-refractivity contribution in [3.63, 3.8) is 0 Å². The number of phenolic OH excluding ortho intramolecular Hbond substituents is 1. The Balaban J connectivity index is 2.24. The van der Waals surface area contributed by atoms with Crippen molar-refractivity contribution in [2.75, 3.05) is 5.73 Å². The smallest absolute Gasteiger partial charge is 0.417 e. The molecular formula is C12H9F3N2O2. The number of benzene rings is 1. The number of nitrogens with two attached hydrogens (primary N) is 1. The predicted molar refractivity (Wildman–Crippen MR) is 61.8 cm³/mol. The molecule has 0 aliphatic heterocycles. The van der Waals surface area contributed by atoms with Crippen molar-refractivity contribution in [2.24, 2.45) is 0 Å². The van der Waals surface area contributed by atoms with Crippen molar-refractivity contribution in [3.05, 3.63) is 42.1 Å². The lowest BCUT2D eigenvalue weighted by molar-refractivity contribution is -0.137. The topological polar surface area (TPSA) is 68.4 Å². The van der Waals surface area contributed by atoms with E-state index in [0.29, 0.717) is 11.9 Å². The number of rotatable bonds is 2. The number of aromatic hydroxyl groups is 1. The van der Waals surface area contributed by atoms with E-state index in [1.54, 1.807) is 0 Å². The minimum absolute atomic E-state index is 0.0423. The highest BCUT2D eigenvalue weighted by atomic mass is 19.4. The van der Waals surface area contributed by atoms with Crippen LogP contribution in [0.3, 0.4) is 0 Å². The molecule has 0 bridgehead atoms. The Morgan fingerprint density at radius 1 is 1.16 bits per heavy atom. The molecule has 0 fully saturated rings. The molecule has 0 saturated carbocycles. The molecule has 0 saturated heterocycles. The van der Waals surface area contributed by atoms with Crippen LogP contribution in [0.25, 0.3) is 0 Å². The van der Waals surface area contributed by atoms with Crippen molar-refractivity contribution >= 4 is 5.69 Å². The number of alkyl halides is 3. The molecule has 1 heterocycles. The van der Waals surface area contributed by atoms with Crippen molar-refractivity contribution < 1.29 is 23.0 Å². The van der Waals surface area contributed by atoms with Gasteiger partial charge in [0.15, 0.2) is 0 Å². The fraction of sp³-hybridized carbons (Fsp3) is 0.0833. The largest absolute Gasteiger partial charge is 0.508 e. The Hall–Kier alpha value is -2.44. The van der Waals surface area contributed by atoms with Crippen LogP contribution < -0.4 is 10.5 Å². The number of hydrogen-bond donors (Lipinski definition) is 2. The number of halogens is 3. The maximum absolute atomic E-state index is 12.4. The second-order valence-electron chi connectivity index (χ2n) is 3.71. The molecule has 0 atom stereocenters. The first-order chi connectivity index (χ1) is 8.86. The molecule has 1 aromatic carbocycles. The maximum atomic E-state index is 12.4. The van der Waals surface area contributed by atoms with E-state index in [-0.39, 0.29) is 17.3 Å². The Bertz CT molecular complexity index is 583. The van der Waals surface area contributed by atoms with Gasteiger partial charge < -0.3 is 15.6 Å². The Morgan fingerprint density at radius 3 is 2.32 bits per heavy atom. The minimum Gasteiger partial charge on any atom is -0.508 e. The third kappa shape index (κ3) is 3.06. The molecule has 0 spiro atoms. The summed E-state index contributed by atoms with van der Waals surface area (Å²) in [6, 6.07) is 6.37. The van der Waals surface area contributed by atoms with Crippen LogP contribution in [0.4, 0.5) is 18.9 Å². The monoisotopic (exact) mass is 270 g/mol. The molecule has 4 nitrogen and oxygen atoms in total. The zero-order valence-electron chi connectivity index (χ0n) is 9.48. The summed E-state index contributed by atoms with van der Waals surface area (Å²) in [6.07, 6.45) is -3.86. The summed E-state index contributed by atoms with van der Waals surface area (Å²) < 4.78 is 42.4. The second-order valence-corrected chi connectivity index (χ2v) is 3.71. The van der Waals surface area contributed by atoms with Gasteiger partial charge in [0, 0.05) is 6.20 Å². The van der Waals surface area contributed by atoms with Gasteiger partial charge in [-0.15, -0.1) is 0 Å². The van der Waals surface area contributed by atoms with Gasteiger partial charge in [-0.1, -0.05) is 0 Å². The third-order valence-electron chi connectivity index (χ3n) is 2.26. The van der Waals surface area contributed by atoms with Crippen LogP contribution in [-0.2, 0) is 6.18 Å². The molecule has 2 rings (SSSR count). The fourth-order valence-electron chi connectivity index (χ4n) is 1.34. The number of nitrogens with zero attached hydrogens (tertiary/aromatic N) is 1. The highest BCUT2D eigenvalue weighted by Crippen LogP contribution is 2.33. The Labute approximate surface area is 106 Å². The standard InChI is InChI=1S/C12H9F3N2O2/c13-12(14,15)7-5-10(16)11(17-6-7)19-9-3-1-8(18)2-4-9/h1-6,18H,16H2. The summed E-state index contributed by atoms with van der Waals surface area (Å²) in [5.41, 5.74) is 4.30. The number of aromatic nitrogens is 1. The summed E-state index contributed by atoms with van der Waals surface area (Å²) in [7, 11) is 0. The quantitative estimate of drug-likeness (QED) is 0.879. The van der Waals surface area contributed by atoms with E-state index in [9.17, 15) is 13.2 Å². The Kier molecular flexibility index (Phi) is 3.20. The normalized spacial score (nSPS) is 11.3. The summed E-state index contributed by atoms with van der Waals surface area (Å²) in [5.74, 6) is 0.219. The highest BCUT2D eigenvalue weighted by molar-refractivity contribution is 5.51. The van der Waals surface area contributed by atoms with E-state index in [1.165, 1.54) is 24.3 Å². The highest BCUT2D eigenvalue weighted by Gasteiger charge is 2.31. The number of hydrogen-bond acceptors (Lipinski definition) is 4. The number of pyridine rings is 1. The number of ether oxygens (including phenoxy) is 1. The average Bonchev–Trinajstić information content (AvgIpc) is 2.33. The van der Waals surface area contributed by atoms with Crippen LogP contribution in [0.2, 0.25) is 0 Å². The first kappa shape index (κ1) is 13.0. The summed E-state index contributed by atoms with van der Waals surface area (Å²) >= 11 is 0. The second kappa shape index (κ2) is 4.68. The lowest BCUT2D eigenvalue weighted by atomic mass is 10.2. The lowest BCUT2D eigenvalue weighted by Gasteiger charge is -2.10. The van der Waals surface area contributed by atoms with Crippen LogP contribution >= 0.6 is 0 Å². The van der Waals surface area contributed by atoms with E-state index >= 15 is 0 Å². The van der Waals surface area contributed by atoms with E-state index < -0.39 is 11.7 Å². The van der Waals surface area contributed by atoms with Gasteiger partial charge in [0.2, 0.25) is 5.88 Å². The van der Waals surface area contributed by atoms with Gasteiger partial charge in [-0.2, -0.15) is 13.2 Å². The molecule has 7 heteroatoms. The molecule has 0 amide bonds. The molecule has 0 aliphatic carbocycles. The van der Waals surface area contributed by atoms with Gasteiger partial charge in [0.1, 0.15) is 11.5 Å². The molecule has 0 unspecified atom stereocenters. The third-order valence-corrected chi connectivity index (χ3v) is 2.26. The van der Waals surface area contributed by atoms with Crippen molar-refractivity contribution in [3.8, 4) is 17.4 Å². The first-order valence-electron chi connectivity index (χ1n) is 5.16. The average molecular weight is 270 g/mol. The molecule has 0 radical (unpaired) electrons. The zero-order valence-corrected chi connectivity index (χ0v) is 9.48. The van der Waals surface area contributed by atoms with E-state index in [2.05, 4.69) is 4.98 Å². The fourth-order valence-corrected chi connectivity index (χ4v) is 1.34. The van der Waals surface area contributed by atoms with Gasteiger partial charge in [-0.25, -0.2) is 4.98 Å². The van der Waals surface area contributed by atoms with Crippen LogP contribution in [0.15, 0.2) is 36.5 Å². The lowest BCUT2D eigenvalue weighted by Crippen LogP contribution is -2.07. The van der Waals surface area contributed by atoms with Gasteiger partial charge in [0.25, 0.3) is 0 Å². The zero-order chi connectivity index (χ0) is 14.0. The van der Waals surface area contributed by atoms with Crippen molar-refractivity contribution in [1.82, 2.24) is 4.98 Å². The van der Waals surface area contributed by atoms with Crippen LogP contribution in [0.5, 0.6) is 17.4 Å². The minimum atomic E-state index is -4.50. The van der Waals surface area contributed by atoms with Gasteiger partial charge in [-0.05, 0) is 30.3 Å². The summed E-state index contributed by atoms with van der Waals surface area (Å²) in [5, 5.41) is 9.08. The molecule has 2 aromatic rings.